The Morgan fingerprint density at radius 2 is 1.42 bits per heavy atom. The molecule has 0 aromatic heterocycles. The van der Waals surface area contributed by atoms with Gasteiger partial charge in [-0.1, -0.05) is 102 Å². The van der Waals surface area contributed by atoms with E-state index in [4.69, 9.17) is 9.47 Å². The lowest BCUT2D eigenvalue weighted by Gasteiger charge is -2.17. The number of hydrogen-bond acceptors (Lipinski definition) is 4. The van der Waals surface area contributed by atoms with Gasteiger partial charge in [-0.15, -0.1) is 0 Å². The van der Waals surface area contributed by atoms with Crippen molar-refractivity contribution in [3.63, 3.8) is 0 Å². The Balaban J connectivity index is 2.08. The summed E-state index contributed by atoms with van der Waals surface area (Å²) in [5.74, 6) is 0.422. The van der Waals surface area contributed by atoms with Crippen LogP contribution in [0.2, 0.25) is 0 Å². The van der Waals surface area contributed by atoms with Crippen molar-refractivity contribution in [3.05, 3.63) is 35.9 Å². The molecular weight excluding hydrogens is 414 g/mol. The van der Waals surface area contributed by atoms with Crippen LogP contribution in [0, 0.1) is 5.92 Å². The number of hydrogen-bond donors (Lipinski definition) is 1. The number of esters is 1. The molecule has 5 heteroatoms. The Bertz CT molecular complexity index is 593. The summed E-state index contributed by atoms with van der Waals surface area (Å²) in [6.07, 6.45) is 15.0. The summed E-state index contributed by atoms with van der Waals surface area (Å²) in [6.45, 7) is 5.87. The first kappa shape index (κ1) is 29.0. The smallest absolute Gasteiger partial charge is 0.407 e. The Morgan fingerprint density at radius 1 is 0.788 bits per heavy atom. The molecule has 0 unspecified atom stereocenters. The number of alkyl carbamates (subject to hydrolysis) is 1. The van der Waals surface area contributed by atoms with E-state index in [1.807, 2.05) is 30.3 Å². The maximum atomic E-state index is 12.1. The lowest BCUT2D eigenvalue weighted by Crippen LogP contribution is -2.25. The fraction of sp³-hybridized carbons (Fsp3) is 0.714. The highest BCUT2D eigenvalue weighted by atomic mass is 16.5. The van der Waals surface area contributed by atoms with E-state index in [2.05, 4.69) is 19.2 Å². The van der Waals surface area contributed by atoms with E-state index in [0.717, 1.165) is 24.8 Å². The second-order valence-corrected chi connectivity index (χ2v) is 9.05. The van der Waals surface area contributed by atoms with Crippen molar-refractivity contribution in [2.45, 2.75) is 110 Å². The van der Waals surface area contributed by atoms with Gasteiger partial charge in [-0.05, 0) is 37.2 Å². The van der Waals surface area contributed by atoms with Gasteiger partial charge < -0.3 is 14.8 Å². The lowest BCUT2D eigenvalue weighted by atomic mass is 9.95. The van der Waals surface area contributed by atoms with Crippen LogP contribution >= 0.6 is 0 Å². The predicted octanol–water partition coefficient (Wildman–Crippen LogP) is 7.57. The Hall–Kier alpha value is -2.04. The standard InChI is InChI=1S/C28H47NO4/c1-3-5-7-11-17-25(18-12-8-6-4-2)23-32-27(30)21-15-10-16-22-29-28(31)33-24-26-19-13-9-14-20-26/h9,13-14,19-20,25H,3-8,10-12,15-18,21-24H2,1-2H3,(H,29,31). The zero-order valence-corrected chi connectivity index (χ0v) is 21.1. The summed E-state index contributed by atoms with van der Waals surface area (Å²) in [6, 6.07) is 9.62. The quantitative estimate of drug-likeness (QED) is 0.161. The molecule has 0 aliphatic carbocycles. The summed E-state index contributed by atoms with van der Waals surface area (Å²) in [7, 11) is 0. The van der Waals surface area contributed by atoms with E-state index >= 15 is 0 Å². The molecule has 1 amide bonds. The normalized spacial score (nSPS) is 10.9. The first-order valence-corrected chi connectivity index (χ1v) is 13.3. The Kier molecular flexibility index (Phi) is 18.1. The van der Waals surface area contributed by atoms with Crippen LogP contribution in [-0.2, 0) is 20.9 Å². The van der Waals surface area contributed by atoms with E-state index < -0.39 is 6.09 Å². The molecule has 0 atom stereocenters. The van der Waals surface area contributed by atoms with Crippen molar-refractivity contribution in [2.75, 3.05) is 13.2 Å². The van der Waals surface area contributed by atoms with Gasteiger partial charge in [0.2, 0.25) is 0 Å². The van der Waals surface area contributed by atoms with Crippen molar-refractivity contribution in [1.29, 1.82) is 0 Å². The second kappa shape index (κ2) is 20.6. The van der Waals surface area contributed by atoms with E-state index in [1.54, 1.807) is 0 Å². The third-order valence-corrected chi connectivity index (χ3v) is 5.95. The molecule has 33 heavy (non-hydrogen) atoms. The van der Waals surface area contributed by atoms with Gasteiger partial charge in [0.25, 0.3) is 0 Å². The molecule has 1 rings (SSSR count). The van der Waals surface area contributed by atoms with Crippen LogP contribution in [0.4, 0.5) is 4.79 Å². The maximum Gasteiger partial charge on any atom is 0.407 e. The molecular formula is C28H47NO4. The molecule has 0 radical (unpaired) electrons. The SMILES string of the molecule is CCCCCCC(CCCCCC)COC(=O)CCCCCNC(=O)OCc1ccccc1. The fourth-order valence-corrected chi connectivity index (χ4v) is 3.85. The van der Waals surface area contributed by atoms with E-state index in [1.165, 1.54) is 64.2 Å². The van der Waals surface area contributed by atoms with Crippen LogP contribution in [0.1, 0.15) is 109 Å². The van der Waals surface area contributed by atoms with E-state index in [0.29, 0.717) is 25.5 Å². The number of carbonyl (C=O) groups is 2. The van der Waals surface area contributed by atoms with Crippen LogP contribution in [0.25, 0.3) is 0 Å². The number of nitrogens with one attached hydrogen (secondary N) is 1. The fourth-order valence-electron chi connectivity index (χ4n) is 3.85. The van der Waals surface area contributed by atoms with Crippen LogP contribution in [-0.4, -0.2) is 25.2 Å². The second-order valence-electron chi connectivity index (χ2n) is 9.05. The summed E-state index contributed by atoms with van der Waals surface area (Å²) >= 11 is 0. The van der Waals surface area contributed by atoms with Crippen molar-refractivity contribution in [2.24, 2.45) is 5.92 Å². The minimum atomic E-state index is -0.401. The molecule has 0 aliphatic heterocycles. The van der Waals surface area contributed by atoms with Gasteiger partial charge in [-0.2, -0.15) is 0 Å². The van der Waals surface area contributed by atoms with Crippen LogP contribution in [0.15, 0.2) is 30.3 Å². The zero-order chi connectivity index (χ0) is 24.0. The molecule has 0 saturated carbocycles. The number of ether oxygens (including phenoxy) is 2. The average molecular weight is 462 g/mol. The molecule has 0 saturated heterocycles. The maximum absolute atomic E-state index is 12.1. The van der Waals surface area contributed by atoms with Gasteiger partial charge in [0.05, 0.1) is 6.61 Å². The molecule has 1 aromatic rings. The molecule has 0 bridgehead atoms. The molecule has 0 spiro atoms. The number of carbonyl (C=O) groups excluding carboxylic acids is 2. The number of unbranched alkanes of at least 4 members (excludes halogenated alkanes) is 8. The van der Waals surface area contributed by atoms with Crippen molar-refractivity contribution in [1.82, 2.24) is 5.32 Å². The summed E-state index contributed by atoms with van der Waals surface area (Å²) in [5, 5.41) is 2.76. The third kappa shape index (κ3) is 17.1. The van der Waals surface area contributed by atoms with Gasteiger partial charge in [0.1, 0.15) is 6.61 Å². The van der Waals surface area contributed by atoms with Gasteiger partial charge in [0.15, 0.2) is 0 Å². The summed E-state index contributed by atoms with van der Waals surface area (Å²) < 4.78 is 10.8. The number of benzene rings is 1. The Morgan fingerprint density at radius 3 is 2.06 bits per heavy atom. The van der Waals surface area contributed by atoms with Crippen molar-refractivity contribution >= 4 is 12.1 Å². The minimum absolute atomic E-state index is 0.0858. The number of rotatable bonds is 20. The molecule has 0 fully saturated rings. The summed E-state index contributed by atoms with van der Waals surface area (Å²) in [4.78, 5) is 23.9. The molecule has 5 nitrogen and oxygen atoms in total. The third-order valence-electron chi connectivity index (χ3n) is 5.95. The predicted molar refractivity (Wildman–Crippen MR) is 135 cm³/mol. The van der Waals surface area contributed by atoms with Crippen molar-refractivity contribution in [3.8, 4) is 0 Å². The first-order valence-electron chi connectivity index (χ1n) is 13.3. The minimum Gasteiger partial charge on any atom is -0.465 e. The largest absolute Gasteiger partial charge is 0.465 e. The topological polar surface area (TPSA) is 64.6 Å². The highest BCUT2D eigenvalue weighted by Crippen LogP contribution is 2.19. The van der Waals surface area contributed by atoms with Crippen LogP contribution in [0.3, 0.4) is 0 Å². The molecule has 1 N–H and O–H groups in total. The van der Waals surface area contributed by atoms with Gasteiger partial charge >= 0.3 is 12.1 Å². The Labute approximate surface area is 202 Å². The lowest BCUT2D eigenvalue weighted by molar-refractivity contribution is -0.145. The monoisotopic (exact) mass is 461 g/mol. The molecule has 1 aromatic carbocycles. The first-order chi connectivity index (χ1) is 16.2. The molecule has 0 aliphatic rings. The van der Waals surface area contributed by atoms with Crippen LogP contribution in [0.5, 0.6) is 0 Å². The van der Waals surface area contributed by atoms with Gasteiger partial charge in [-0.3, -0.25) is 4.79 Å². The number of amides is 1. The molecule has 188 valence electrons. The van der Waals surface area contributed by atoms with Gasteiger partial charge in [-0.25, -0.2) is 4.79 Å². The molecule has 0 heterocycles. The summed E-state index contributed by atoms with van der Waals surface area (Å²) in [5.41, 5.74) is 0.968. The average Bonchev–Trinajstić information content (AvgIpc) is 2.83. The van der Waals surface area contributed by atoms with Gasteiger partial charge in [0, 0.05) is 13.0 Å². The highest BCUT2D eigenvalue weighted by molar-refractivity contribution is 5.69. The highest BCUT2D eigenvalue weighted by Gasteiger charge is 2.12. The van der Waals surface area contributed by atoms with Crippen molar-refractivity contribution < 1.29 is 19.1 Å². The van der Waals surface area contributed by atoms with E-state index in [9.17, 15) is 9.59 Å². The van der Waals surface area contributed by atoms with Crippen LogP contribution < -0.4 is 5.32 Å². The zero-order valence-electron chi connectivity index (χ0n) is 21.1. The van der Waals surface area contributed by atoms with E-state index in [-0.39, 0.29) is 12.6 Å².